The van der Waals surface area contributed by atoms with Crippen molar-refractivity contribution in [3.05, 3.63) is 22.1 Å². The molecule has 0 saturated carbocycles. The molecule has 5 nitrogen and oxygen atoms in total. The minimum absolute atomic E-state index is 0.0197. The fraction of sp³-hybridized carbons (Fsp3) is 0.706. The molecular weight excluding hydrogens is 310 g/mol. The van der Waals surface area contributed by atoms with Gasteiger partial charge in [0.2, 0.25) is 5.91 Å². The number of carbonyl (C=O) groups excluding carboxylic acids is 1. The number of nitrogens with zero attached hydrogens (tertiary/aromatic N) is 2. The molecule has 0 saturated heterocycles. The highest BCUT2D eigenvalue weighted by Gasteiger charge is 2.27. The van der Waals surface area contributed by atoms with E-state index >= 15 is 0 Å². The van der Waals surface area contributed by atoms with Crippen LogP contribution in [0.15, 0.2) is 16.1 Å². The molecule has 1 aliphatic rings. The summed E-state index contributed by atoms with van der Waals surface area (Å²) in [6.07, 6.45) is 9.27. The highest BCUT2D eigenvalue weighted by molar-refractivity contribution is 7.99. The Kier molecular flexibility index (Phi) is 7.15. The molecule has 0 bridgehead atoms. The highest BCUT2D eigenvalue weighted by atomic mass is 32.2. The molecule has 2 rings (SSSR count). The Morgan fingerprint density at radius 2 is 2.09 bits per heavy atom. The topological polar surface area (TPSA) is 64.0 Å². The van der Waals surface area contributed by atoms with Crippen LogP contribution < -0.4 is 10.9 Å². The Bertz CT molecular complexity index is 586. The molecular formula is C17H27N3O2S. The first-order chi connectivity index (χ1) is 11.1. The van der Waals surface area contributed by atoms with Crippen LogP contribution in [0.2, 0.25) is 0 Å². The van der Waals surface area contributed by atoms with Crippen LogP contribution in [0.1, 0.15) is 63.5 Å². The van der Waals surface area contributed by atoms with Crippen molar-refractivity contribution >= 4 is 17.7 Å². The smallest absolute Gasteiger partial charge is 0.257 e. The average Bonchev–Trinajstić information content (AvgIpc) is 2.93. The minimum atomic E-state index is -0.0699. The van der Waals surface area contributed by atoms with Gasteiger partial charge in [-0.3, -0.25) is 14.2 Å². The Morgan fingerprint density at radius 1 is 1.35 bits per heavy atom. The molecule has 1 aliphatic heterocycles. The molecule has 23 heavy (non-hydrogen) atoms. The quantitative estimate of drug-likeness (QED) is 0.555. The molecule has 6 heteroatoms. The van der Waals surface area contributed by atoms with Crippen molar-refractivity contribution in [1.29, 1.82) is 0 Å². The van der Waals surface area contributed by atoms with Gasteiger partial charge in [-0.2, -0.15) is 0 Å². The average molecular weight is 337 g/mol. The first kappa shape index (κ1) is 18.0. The van der Waals surface area contributed by atoms with Crippen LogP contribution in [0.5, 0.6) is 0 Å². The number of fused-ring (bicyclic) bond motifs is 1. The van der Waals surface area contributed by atoms with Gasteiger partial charge in [0, 0.05) is 30.5 Å². The highest BCUT2D eigenvalue weighted by Crippen LogP contribution is 2.31. The molecule has 2 heterocycles. The summed E-state index contributed by atoms with van der Waals surface area (Å²) in [4.78, 5) is 28.6. The van der Waals surface area contributed by atoms with Crippen molar-refractivity contribution < 1.29 is 4.79 Å². The molecule has 128 valence electrons. The second kappa shape index (κ2) is 9.11. The van der Waals surface area contributed by atoms with Crippen LogP contribution >= 0.6 is 11.8 Å². The molecule has 0 aromatic carbocycles. The summed E-state index contributed by atoms with van der Waals surface area (Å²) in [6.45, 7) is 4.71. The van der Waals surface area contributed by atoms with E-state index in [1.165, 1.54) is 32.1 Å². The van der Waals surface area contributed by atoms with Crippen LogP contribution in [0.3, 0.4) is 0 Å². The fourth-order valence-electron chi connectivity index (χ4n) is 2.79. The fourth-order valence-corrected chi connectivity index (χ4v) is 3.90. The van der Waals surface area contributed by atoms with Gasteiger partial charge in [-0.15, -0.1) is 0 Å². The summed E-state index contributed by atoms with van der Waals surface area (Å²) in [5.41, 5.74) is 0.613. The number of nitrogens with one attached hydrogen (secondary N) is 1. The van der Waals surface area contributed by atoms with Crippen molar-refractivity contribution in [2.24, 2.45) is 0 Å². The third-order valence-electron chi connectivity index (χ3n) is 4.17. The number of amides is 1. The van der Waals surface area contributed by atoms with Crippen molar-refractivity contribution in [2.75, 3.05) is 12.3 Å². The number of carbonyl (C=O) groups is 1. The van der Waals surface area contributed by atoms with Crippen LogP contribution in [0, 0.1) is 6.92 Å². The van der Waals surface area contributed by atoms with Crippen molar-refractivity contribution in [1.82, 2.24) is 14.9 Å². The van der Waals surface area contributed by atoms with Crippen molar-refractivity contribution in [3.63, 3.8) is 0 Å². The van der Waals surface area contributed by atoms with E-state index in [0.717, 1.165) is 23.9 Å². The monoisotopic (exact) mass is 337 g/mol. The van der Waals surface area contributed by atoms with E-state index in [1.54, 1.807) is 29.4 Å². The van der Waals surface area contributed by atoms with Gasteiger partial charge >= 0.3 is 0 Å². The Hall–Kier alpha value is -1.30. The van der Waals surface area contributed by atoms with Crippen molar-refractivity contribution in [2.45, 2.75) is 70.0 Å². The Balaban J connectivity index is 1.74. The zero-order valence-electron chi connectivity index (χ0n) is 14.1. The summed E-state index contributed by atoms with van der Waals surface area (Å²) in [5.74, 6) is 0.779. The van der Waals surface area contributed by atoms with E-state index in [4.69, 9.17) is 0 Å². The molecule has 1 amide bonds. The van der Waals surface area contributed by atoms with Gasteiger partial charge in [-0.25, -0.2) is 4.98 Å². The number of hydrogen-bond acceptors (Lipinski definition) is 4. The van der Waals surface area contributed by atoms with E-state index in [9.17, 15) is 9.59 Å². The normalized spacial score (nSPS) is 16.3. The van der Waals surface area contributed by atoms with Crippen LogP contribution in [0.4, 0.5) is 0 Å². The summed E-state index contributed by atoms with van der Waals surface area (Å²) in [6, 6.07) is -0.0699. The molecule has 1 N–H and O–H groups in total. The Labute approximate surface area is 142 Å². The standard InChI is InChI=1S/C17H27N3O2S/c1-3-4-5-6-7-8-9-18-15(21)10-14-12-23-17-19-11-13(2)16(22)20(14)17/h11,14H,3-10,12H2,1-2H3,(H,18,21). The van der Waals surface area contributed by atoms with Crippen LogP contribution in [-0.2, 0) is 4.79 Å². The van der Waals surface area contributed by atoms with Gasteiger partial charge in [0.15, 0.2) is 5.16 Å². The van der Waals surface area contributed by atoms with E-state index in [1.807, 2.05) is 0 Å². The lowest BCUT2D eigenvalue weighted by molar-refractivity contribution is -0.121. The number of aromatic nitrogens is 2. The first-order valence-corrected chi connectivity index (χ1v) is 9.59. The minimum Gasteiger partial charge on any atom is -0.356 e. The molecule has 1 aromatic rings. The third-order valence-corrected chi connectivity index (χ3v) is 5.29. The summed E-state index contributed by atoms with van der Waals surface area (Å²) < 4.78 is 1.68. The molecule has 0 aliphatic carbocycles. The molecule has 1 atom stereocenters. The van der Waals surface area contributed by atoms with Gasteiger partial charge < -0.3 is 5.32 Å². The SMILES string of the molecule is CCCCCCCCNC(=O)CC1CSc2ncc(C)c(=O)n21. The van der Waals surface area contributed by atoms with Gasteiger partial charge in [0.1, 0.15) is 0 Å². The summed E-state index contributed by atoms with van der Waals surface area (Å²) in [5, 5.41) is 3.71. The maximum absolute atomic E-state index is 12.2. The largest absolute Gasteiger partial charge is 0.356 e. The molecule has 1 unspecified atom stereocenters. The molecule has 0 fully saturated rings. The van der Waals surface area contributed by atoms with Crippen LogP contribution in [0.25, 0.3) is 0 Å². The van der Waals surface area contributed by atoms with E-state index < -0.39 is 0 Å². The zero-order valence-corrected chi connectivity index (χ0v) is 15.0. The predicted octanol–water partition coefficient (Wildman–Crippen LogP) is 3.07. The maximum atomic E-state index is 12.2. The number of hydrogen-bond donors (Lipinski definition) is 1. The van der Waals surface area contributed by atoms with E-state index in [0.29, 0.717) is 12.0 Å². The first-order valence-electron chi connectivity index (χ1n) is 8.61. The molecule has 1 aromatic heterocycles. The van der Waals surface area contributed by atoms with Gasteiger partial charge in [0.25, 0.3) is 5.56 Å². The lowest BCUT2D eigenvalue weighted by Crippen LogP contribution is -2.31. The van der Waals surface area contributed by atoms with E-state index in [-0.39, 0.29) is 17.5 Å². The van der Waals surface area contributed by atoms with Gasteiger partial charge in [0.05, 0.1) is 6.04 Å². The zero-order chi connectivity index (χ0) is 16.7. The Morgan fingerprint density at radius 3 is 2.87 bits per heavy atom. The summed E-state index contributed by atoms with van der Waals surface area (Å²) in [7, 11) is 0. The maximum Gasteiger partial charge on any atom is 0.257 e. The second-order valence-corrected chi connectivity index (χ2v) is 7.17. The number of unbranched alkanes of at least 4 members (excludes halogenated alkanes) is 5. The number of aryl methyl sites for hydroxylation is 1. The van der Waals surface area contributed by atoms with E-state index in [2.05, 4.69) is 17.2 Å². The predicted molar refractivity (Wildman–Crippen MR) is 94.0 cm³/mol. The van der Waals surface area contributed by atoms with Gasteiger partial charge in [-0.1, -0.05) is 50.8 Å². The number of thioether (sulfide) groups is 1. The third kappa shape index (κ3) is 5.09. The van der Waals surface area contributed by atoms with Gasteiger partial charge in [-0.05, 0) is 13.3 Å². The lowest BCUT2D eigenvalue weighted by Gasteiger charge is -2.13. The summed E-state index contributed by atoms with van der Waals surface area (Å²) >= 11 is 1.55. The second-order valence-electron chi connectivity index (χ2n) is 6.19. The van der Waals surface area contributed by atoms with Crippen molar-refractivity contribution in [3.8, 4) is 0 Å². The molecule has 0 spiro atoms. The number of rotatable bonds is 9. The lowest BCUT2D eigenvalue weighted by atomic mass is 10.1. The van der Waals surface area contributed by atoms with Crippen LogP contribution in [-0.4, -0.2) is 27.8 Å². The molecule has 0 radical (unpaired) electrons.